The average Bonchev–Trinajstić information content (AvgIpc) is 3.62. The molecule has 0 aliphatic rings. The van der Waals surface area contributed by atoms with Crippen LogP contribution in [0.4, 0.5) is 0 Å². The van der Waals surface area contributed by atoms with Crippen LogP contribution >= 0.6 is 0 Å². The number of para-hydroxylation sites is 1. The second-order valence-corrected chi connectivity index (χ2v) is 13.3. The number of benzene rings is 8. The van der Waals surface area contributed by atoms with Crippen LogP contribution < -0.4 is 0 Å². The first kappa shape index (κ1) is 30.6. The first-order chi connectivity index (χ1) is 26.2. The minimum atomic E-state index is 0.583. The summed E-state index contributed by atoms with van der Waals surface area (Å²) in [6.07, 6.45) is 0. The van der Waals surface area contributed by atoms with Crippen LogP contribution in [0.3, 0.4) is 0 Å². The molecule has 10 rings (SSSR count). The fourth-order valence-corrected chi connectivity index (χ4v) is 7.26. The zero-order valence-electron chi connectivity index (χ0n) is 28.6. The van der Waals surface area contributed by atoms with E-state index in [2.05, 4.69) is 127 Å². The molecule has 0 aliphatic heterocycles. The summed E-state index contributed by atoms with van der Waals surface area (Å²) >= 11 is 0. The zero-order valence-corrected chi connectivity index (χ0v) is 28.6. The summed E-state index contributed by atoms with van der Waals surface area (Å²) < 4.78 is 6.55. The van der Waals surface area contributed by atoms with E-state index in [1.165, 1.54) is 10.8 Å². The predicted molar refractivity (Wildman–Crippen MR) is 217 cm³/mol. The summed E-state index contributed by atoms with van der Waals surface area (Å²) in [7, 11) is 0. The first-order valence-corrected chi connectivity index (χ1v) is 17.8. The van der Waals surface area contributed by atoms with E-state index in [9.17, 15) is 0 Å². The molecule has 0 radical (unpaired) electrons. The number of nitrogens with zero attached hydrogens (tertiary/aromatic N) is 3. The largest absolute Gasteiger partial charge is 0.456 e. The Hall–Kier alpha value is -7.17. The zero-order chi connectivity index (χ0) is 35.1. The lowest BCUT2D eigenvalue weighted by atomic mass is 9.95. The molecule has 0 unspecified atom stereocenters. The number of aromatic nitrogens is 3. The van der Waals surface area contributed by atoms with Gasteiger partial charge in [-0.05, 0) is 86.6 Å². The van der Waals surface area contributed by atoms with Crippen molar-refractivity contribution in [2.75, 3.05) is 0 Å². The van der Waals surface area contributed by atoms with Gasteiger partial charge in [-0.2, -0.15) is 0 Å². The van der Waals surface area contributed by atoms with E-state index in [0.29, 0.717) is 17.5 Å². The Balaban J connectivity index is 1.25. The number of hydrogen-bond acceptors (Lipinski definition) is 4. The van der Waals surface area contributed by atoms with Crippen LogP contribution in [0.15, 0.2) is 192 Å². The summed E-state index contributed by atoms with van der Waals surface area (Å²) in [6, 6.07) is 65.2. The van der Waals surface area contributed by atoms with Gasteiger partial charge in [0.15, 0.2) is 17.5 Å². The summed E-state index contributed by atoms with van der Waals surface area (Å²) in [5.41, 5.74) is 10.9. The van der Waals surface area contributed by atoms with E-state index >= 15 is 0 Å². The maximum Gasteiger partial charge on any atom is 0.164 e. The number of fused-ring (bicyclic) bond motifs is 4. The number of furan rings is 1. The Bertz CT molecular complexity index is 2880. The molecule has 0 atom stereocenters. The molecule has 8 aromatic carbocycles. The highest BCUT2D eigenvalue weighted by Crippen LogP contribution is 2.41. The van der Waals surface area contributed by atoms with Crippen LogP contribution in [-0.4, -0.2) is 15.0 Å². The van der Waals surface area contributed by atoms with Gasteiger partial charge in [0, 0.05) is 27.5 Å². The van der Waals surface area contributed by atoms with Crippen molar-refractivity contribution >= 4 is 32.7 Å². The lowest BCUT2D eigenvalue weighted by Crippen LogP contribution is -2.01. The van der Waals surface area contributed by atoms with Gasteiger partial charge in [-0.1, -0.05) is 146 Å². The molecule has 2 aromatic heterocycles. The van der Waals surface area contributed by atoms with Crippen LogP contribution in [0.2, 0.25) is 0 Å². The summed E-state index contributed by atoms with van der Waals surface area (Å²) in [5.74, 6) is 1.79. The molecule has 10 aromatic rings. The quantitative estimate of drug-likeness (QED) is 0.176. The van der Waals surface area contributed by atoms with Gasteiger partial charge in [-0.25, -0.2) is 15.0 Å². The maximum atomic E-state index is 6.55. The summed E-state index contributed by atoms with van der Waals surface area (Å²) in [4.78, 5) is 15.7. The molecule has 0 amide bonds. The van der Waals surface area contributed by atoms with Crippen LogP contribution in [0, 0.1) is 0 Å². The van der Waals surface area contributed by atoms with Crippen LogP contribution in [0.1, 0.15) is 0 Å². The number of rotatable bonds is 6. The Kier molecular flexibility index (Phi) is 7.43. The molecule has 4 heteroatoms. The molecule has 0 bridgehead atoms. The van der Waals surface area contributed by atoms with E-state index in [-0.39, 0.29) is 0 Å². The molecule has 0 saturated heterocycles. The topological polar surface area (TPSA) is 51.8 Å². The highest BCUT2D eigenvalue weighted by atomic mass is 16.3. The first-order valence-electron chi connectivity index (χ1n) is 17.8. The van der Waals surface area contributed by atoms with E-state index in [1.807, 2.05) is 60.7 Å². The van der Waals surface area contributed by atoms with Crippen molar-refractivity contribution in [1.82, 2.24) is 15.0 Å². The number of hydrogen-bond donors (Lipinski definition) is 0. The highest BCUT2D eigenvalue weighted by molar-refractivity contribution is 6.13. The Morgan fingerprint density at radius 2 is 0.830 bits per heavy atom. The molecule has 0 spiro atoms. The monoisotopic (exact) mass is 677 g/mol. The van der Waals surface area contributed by atoms with Gasteiger partial charge in [0.05, 0.1) is 0 Å². The molecule has 0 fully saturated rings. The van der Waals surface area contributed by atoms with Crippen LogP contribution in [0.5, 0.6) is 0 Å². The van der Waals surface area contributed by atoms with Crippen molar-refractivity contribution in [1.29, 1.82) is 0 Å². The molecular weight excluding hydrogens is 647 g/mol. The molecule has 2 heterocycles. The molecular formula is C49H31N3O. The van der Waals surface area contributed by atoms with E-state index in [4.69, 9.17) is 19.4 Å². The van der Waals surface area contributed by atoms with Gasteiger partial charge >= 0.3 is 0 Å². The lowest BCUT2D eigenvalue weighted by Gasteiger charge is -2.13. The van der Waals surface area contributed by atoms with Gasteiger partial charge in [0.1, 0.15) is 11.2 Å². The standard InChI is InChI=1S/C49H31N3O/c1-4-14-32(15-5-1)38-27-39(33-16-6-2-7-17-33)29-41(28-38)48-50-47(35-19-8-3-9-20-35)51-49(52-48)43-30-40(37-25-24-34-18-10-11-21-36(34)26-37)31-45-46(43)42-22-12-13-23-44(42)53-45/h1-31H. The van der Waals surface area contributed by atoms with E-state index in [1.54, 1.807) is 0 Å². The third-order valence-electron chi connectivity index (χ3n) is 9.88. The molecule has 0 N–H and O–H groups in total. The van der Waals surface area contributed by atoms with Crippen molar-refractivity contribution in [3.63, 3.8) is 0 Å². The summed E-state index contributed by atoms with van der Waals surface area (Å²) in [5, 5.41) is 4.37. The Morgan fingerprint density at radius 1 is 0.302 bits per heavy atom. The molecule has 248 valence electrons. The van der Waals surface area contributed by atoms with Crippen molar-refractivity contribution in [3.05, 3.63) is 188 Å². The fraction of sp³-hybridized carbons (Fsp3) is 0. The van der Waals surface area contributed by atoms with Gasteiger partial charge < -0.3 is 4.42 Å². The average molecular weight is 678 g/mol. The van der Waals surface area contributed by atoms with Gasteiger partial charge in [0.25, 0.3) is 0 Å². The predicted octanol–water partition coefficient (Wildman–Crippen LogP) is 12.9. The highest BCUT2D eigenvalue weighted by Gasteiger charge is 2.20. The van der Waals surface area contributed by atoms with Crippen molar-refractivity contribution < 1.29 is 4.42 Å². The van der Waals surface area contributed by atoms with Crippen molar-refractivity contribution in [2.24, 2.45) is 0 Å². The smallest absolute Gasteiger partial charge is 0.164 e. The normalized spacial score (nSPS) is 11.4. The fourth-order valence-electron chi connectivity index (χ4n) is 7.26. The minimum Gasteiger partial charge on any atom is -0.456 e. The van der Waals surface area contributed by atoms with E-state index in [0.717, 1.165) is 72.0 Å². The van der Waals surface area contributed by atoms with Crippen LogP contribution in [0.25, 0.3) is 100 Å². The Labute approximate surface area is 306 Å². The van der Waals surface area contributed by atoms with Gasteiger partial charge in [-0.3, -0.25) is 0 Å². The minimum absolute atomic E-state index is 0.583. The Morgan fingerprint density at radius 3 is 1.53 bits per heavy atom. The molecule has 0 aliphatic carbocycles. The van der Waals surface area contributed by atoms with Gasteiger partial charge in [0.2, 0.25) is 0 Å². The SMILES string of the molecule is c1ccc(-c2cc(-c3ccccc3)cc(-c3nc(-c4ccccc4)nc(-c4cc(-c5ccc6ccccc6c5)cc5oc6ccccc6c45)n3)c2)cc1. The van der Waals surface area contributed by atoms with Gasteiger partial charge in [-0.15, -0.1) is 0 Å². The van der Waals surface area contributed by atoms with Crippen molar-refractivity contribution in [3.8, 4) is 67.5 Å². The second kappa shape index (κ2) is 12.9. The second-order valence-electron chi connectivity index (χ2n) is 13.3. The third-order valence-corrected chi connectivity index (χ3v) is 9.88. The third kappa shape index (κ3) is 5.73. The summed E-state index contributed by atoms with van der Waals surface area (Å²) in [6.45, 7) is 0. The molecule has 0 saturated carbocycles. The molecule has 4 nitrogen and oxygen atoms in total. The lowest BCUT2D eigenvalue weighted by molar-refractivity contribution is 0.669. The molecule has 53 heavy (non-hydrogen) atoms. The van der Waals surface area contributed by atoms with E-state index < -0.39 is 0 Å². The van der Waals surface area contributed by atoms with Crippen molar-refractivity contribution in [2.45, 2.75) is 0 Å². The van der Waals surface area contributed by atoms with Crippen LogP contribution in [-0.2, 0) is 0 Å². The maximum absolute atomic E-state index is 6.55.